The number of nitrogen functional groups attached to an aromatic ring is 1. The van der Waals surface area contributed by atoms with Crippen molar-refractivity contribution in [3.63, 3.8) is 0 Å². The Morgan fingerprint density at radius 2 is 2.06 bits per heavy atom. The molecule has 0 spiro atoms. The third-order valence-electron chi connectivity index (χ3n) is 3.50. The van der Waals surface area contributed by atoms with Crippen molar-refractivity contribution >= 4 is 24.0 Å². The fraction of sp³-hybridized carbons (Fsp3) is 0.500. The van der Waals surface area contributed by atoms with E-state index in [4.69, 9.17) is 5.73 Å². The SMILES string of the molecule is CCC1CCCN1C(=O)Cc1ccc(N)cc1.Cl. The number of rotatable bonds is 3. The highest BCUT2D eigenvalue weighted by Crippen LogP contribution is 2.21. The minimum atomic E-state index is 0. The van der Waals surface area contributed by atoms with Crippen LogP contribution in [-0.4, -0.2) is 23.4 Å². The smallest absolute Gasteiger partial charge is 0.227 e. The zero-order valence-electron chi connectivity index (χ0n) is 10.8. The van der Waals surface area contributed by atoms with Gasteiger partial charge < -0.3 is 10.6 Å². The maximum absolute atomic E-state index is 12.2. The van der Waals surface area contributed by atoms with Crippen LogP contribution in [-0.2, 0) is 11.2 Å². The van der Waals surface area contributed by atoms with E-state index in [0.717, 1.165) is 37.1 Å². The third kappa shape index (κ3) is 3.39. The van der Waals surface area contributed by atoms with Crippen LogP contribution in [0.1, 0.15) is 31.7 Å². The fourth-order valence-electron chi connectivity index (χ4n) is 2.50. The molecular weight excluding hydrogens is 248 g/mol. The molecule has 0 radical (unpaired) electrons. The van der Waals surface area contributed by atoms with E-state index in [1.54, 1.807) is 0 Å². The van der Waals surface area contributed by atoms with Gasteiger partial charge in [-0.2, -0.15) is 0 Å². The van der Waals surface area contributed by atoms with Gasteiger partial charge in [-0.1, -0.05) is 19.1 Å². The number of nitrogens with two attached hydrogens (primary N) is 1. The first-order valence-electron chi connectivity index (χ1n) is 6.34. The van der Waals surface area contributed by atoms with Gasteiger partial charge in [-0.25, -0.2) is 0 Å². The zero-order chi connectivity index (χ0) is 12.3. The van der Waals surface area contributed by atoms with Crippen LogP contribution in [0.15, 0.2) is 24.3 Å². The zero-order valence-corrected chi connectivity index (χ0v) is 11.6. The number of likely N-dealkylation sites (tertiary alicyclic amines) is 1. The molecular formula is C14H21ClN2O. The summed E-state index contributed by atoms with van der Waals surface area (Å²) in [6.07, 6.45) is 3.86. The molecule has 1 aliphatic rings. The van der Waals surface area contributed by atoms with Crippen molar-refractivity contribution in [3.05, 3.63) is 29.8 Å². The van der Waals surface area contributed by atoms with E-state index in [1.807, 2.05) is 29.2 Å². The number of anilines is 1. The molecule has 1 aromatic rings. The first-order valence-corrected chi connectivity index (χ1v) is 6.34. The number of halogens is 1. The molecule has 1 fully saturated rings. The van der Waals surface area contributed by atoms with E-state index >= 15 is 0 Å². The van der Waals surface area contributed by atoms with Crippen LogP contribution in [0, 0.1) is 0 Å². The lowest BCUT2D eigenvalue weighted by Crippen LogP contribution is -2.36. The minimum Gasteiger partial charge on any atom is -0.399 e. The van der Waals surface area contributed by atoms with Gasteiger partial charge in [-0.3, -0.25) is 4.79 Å². The molecule has 2 rings (SSSR count). The summed E-state index contributed by atoms with van der Waals surface area (Å²) in [6.45, 7) is 3.08. The molecule has 2 N–H and O–H groups in total. The molecule has 1 saturated heterocycles. The van der Waals surface area contributed by atoms with E-state index < -0.39 is 0 Å². The van der Waals surface area contributed by atoms with Crippen molar-refractivity contribution in [3.8, 4) is 0 Å². The van der Waals surface area contributed by atoms with Crippen LogP contribution in [0.4, 0.5) is 5.69 Å². The quantitative estimate of drug-likeness (QED) is 0.857. The first-order chi connectivity index (χ1) is 8.20. The van der Waals surface area contributed by atoms with Gasteiger partial charge in [0.2, 0.25) is 5.91 Å². The lowest BCUT2D eigenvalue weighted by atomic mass is 10.1. The minimum absolute atomic E-state index is 0. The Kier molecular flexibility index (Phi) is 5.48. The van der Waals surface area contributed by atoms with E-state index in [0.29, 0.717) is 12.5 Å². The third-order valence-corrected chi connectivity index (χ3v) is 3.50. The molecule has 100 valence electrons. The maximum Gasteiger partial charge on any atom is 0.227 e. The van der Waals surface area contributed by atoms with Crippen molar-refractivity contribution in [1.82, 2.24) is 4.90 Å². The summed E-state index contributed by atoms with van der Waals surface area (Å²) in [4.78, 5) is 14.2. The predicted octanol–water partition coefficient (Wildman–Crippen LogP) is 2.63. The standard InChI is InChI=1S/C14H20N2O.ClH/c1-2-13-4-3-9-16(13)14(17)10-11-5-7-12(15)8-6-11;/h5-8,13H,2-4,9-10,15H2,1H3;1H. The van der Waals surface area contributed by atoms with Crippen molar-refractivity contribution in [2.45, 2.75) is 38.6 Å². The average Bonchev–Trinajstić information content (AvgIpc) is 2.80. The van der Waals surface area contributed by atoms with E-state index in [2.05, 4.69) is 6.92 Å². The normalized spacial score (nSPS) is 18.5. The Balaban J connectivity index is 0.00000162. The highest BCUT2D eigenvalue weighted by Gasteiger charge is 2.26. The van der Waals surface area contributed by atoms with Crippen molar-refractivity contribution < 1.29 is 4.79 Å². The van der Waals surface area contributed by atoms with Gasteiger partial charge in [-0.05, 0) is 37.0 Å². The molecule has 0 bridgehead atoms. The van der Waals surface area contributed by atoms with Crippen LogP contribution >= 0.6 is 12.4 Å². The van der Waals surface area contributed by atoms with E-state index in [9.17, 15) is 4.79 Å². The second-order valence-corrected chi connectivity index (χ2v) is 4.71. The number of carbonyl (C=O) groups excluding carboxylic acids is 1. The molecule has 1 aromatic carbocycles. The number of nitrogens with zero attached hydrogens (tertiary/aromatic N) is 1. The summed E-state index contributed by atoms with van der Waals surface area (Å²) in [5.74, 6) is 0.249. The molecule has 18 heavy (non-hydrogen) atoms. The number of hydrogen-bond acceptors (Lipinski definition) is 2. The Bertz CT molecular complexity index is 391. The lowest BCUT2D eigenvalue weighted by molar-refractivity contribution is -0.131. The van der Waals surface area contributed by atoms with Gasteiger partial charge in [-0.15, -0.1) is 12.4 Å². The molecule has 4 heteroatoms. The second kappa shape index (κ2) is 6.64. The van der Waals surface area contributed by atoms with Crippen LogP contribution in [0.5, 0.6) is 0 Å². The van der Waals surface area contributed by atoms with Crippen LogP contribution < -0.4 is 5.73 Å². The Hall–Kier alpha value is -1.22. The highest BCUT2D eigenvalue weighted by molar-refractivity contribution is 5.85. The summed E-state index contributed by atoms with van der Waals surface area (Å²) in [6, 6.07) is 8.03. The monoisotopic (exact) mass is 268 g/mol. The van der Waals surface area contributed by atoms with Gasteiger partial charge in [0.05, 0.1) is 6.42 Å². The molecule has 0 aliphatic carbocycles. The van der Waals surface area contributed by atoms with Crippen molar-refractivity contribution in [2.24, 2.45) is 0 Å². The van der Waals surface area contributed by atoms with Crippen LogP contribution in [0.25, 0.3) is 0 Å². The summed E-state index contributed by atoms with van der Waals surface area (Å²) in [5, 5.41) is 0. The maximum atomic E-state index is 12.2. The summed E-state index contributed by atoms with van der Waals surface area (Å²) < 4.78 is 0. The van der Waals surface area contributed by atoms with Crippen molar-refractivity contribution in [1.29, 1.82) is 0 Å². The molecule has 1 aliphatic heterocycles. The van der Waals surface area contributed by atoms with Gasteiger partial charge >= 0.3 is 0 Å². The predicted molar refractivity (Wildman–Crippen MR) is 76.8 cm³/mol. The summed E-state index contributed by atoms with van der Waals surface area (Å²) in [7, 11) is 0. The summed E-state index contributed by atoms with van der Waals surface area (Å²) in [5.41, 5.74) is 7.42. The Morgan fingerprint density at radius 1 is 1.39 bits per heavy atom. The Morgan fingerprint density at radius 3 is 2.67 bits per heavy atom. The molecule has 1 atom stereocenters. The van der Waals surface area contributed by atoms with E-state index in [-0.39, 0.29) is 18.3 Å². The summed E-state index contributed by atoms with van der Waals surface area (Å²) >= 11 is 0. The average molecular weight is 269 g/mol. The highest BCUT2D eigenvalue weighted by atomic mass is 35.5. The molecule has 1 unspecified atom stereocenters. The first kappa shape index (κ1) is 14.8. The molecule has 0 saturated carbocycles. The van der Waals surface area contributed by atoms with Crippen molar-refractivity contribution in [2.75, 3.05) is 12.3 Å². The molecule has 1 heterocycles. The second-order valence-electron chi connectivity index (χ2n) is 4.71. The molecule has 3 nitrogen and oxygen atoms in total. The molecule has 1 amide bonds. The van der Waals surface area contributed by atoms with Gasteiger partial charge in [0.25, 0.3) is 0 Å². The van der Waals surface area contributed by atoms with Gasteiger partial charge in [0.1, 0.15) is 0 Å². The number of hydrogen-bond donors (Lipinski definition) is 1. The van der Waals surface area contributed by atoms with Crippen LogP contribution in [0.2, 0.25) is 0 Å². The van der Waals surface area contributed by atoms with Gasteiger partial charge in [0, 0.05) is 18.3 Å². The largest absolute Gasteiger partial charge is 0.399 e. The number of carbonyl (C=O) groups is 1. The van der Waals surface area contributed by atoms with Crippen LogP contribution in [0.3, 0.4) is 0 Å². The Labute approximate surface area is 115 Å². The number of amides is 1. The fourth-order valence-corrected chi connectivity index (χ4v) is 2.50. The van der Waals surface area contributed by atoms with E-state index in [1.165, 1.54) is 0 Å². The number of benzene rings is 1. The lowest BCUT2D eigenvalue weighted by Gasteiger charge is -2.23. The van der Waals surface area contributed by atoms with Gasteiger partial charge in [0.15, 0.2) is 0 Å². The molecule has 0 aromatic heterocycles. The topological polar surface area (TPSA) is 46.3 Å².